The molecule has 0 spiro atoms. The van der Waals surface area contributed by atoms with Gasteiger partial charge in [0.15, 0.2) is 0 Å². The number of benzene rings is 1. The Bertz CT molecular complexity index is 1510. The van der Waals surface area contributed by atoms with Crippen LogP contribution in [0.1, 0.15) is 60.4 Å². The molecule has 9 nitrogen and oxygen atoms in total. The third-order valence-electron chi connectivity index (χ3n) is 6.87. The van der Waals surface area contributed by atoms with Gasteiger partial charge in [0.2, 0.25) is 5.91 Å². The Kier molecular flexibility index (Phi) is 7.17. The van der Waals surface area contributed by atoms with Gasteiger partial charge < -0.3 is 16.0 Å². The van der Waals surface area contributed by atoms with E-state index in [2.05, 4.69) is 28.8 Å². The molecule has 1 saturated heterocycles. The number of pyridine rings is 1. The molecule has 0 saturated carbocycles. The zero-order valence-corrected chi connectivity index (χ0v) is 21.4. The predicted octanol–water partition coefficient (Wildman–Crippen LogP) is 4.82. The highest BCUT2D eigenvalue weighted by atomic mass is 16.2. The molecule has 2 amide bonds. The van der Waals surface area contributed by atoms with Crippen molar-refractivity contribution in [3.8, 4) is 11.3 Å². The molecule has 1 aromatic carbocycles. The Morgan fingerprint density at radius 1 is 1.18 bits per heavy atom. The van der Waals surface area contributed by atoms with Gasteiger partial charge in [-0.25, -0.2) is 15.0 Å². The van der Waals surface area contributed by atoms with Crippen molar-refractivity contribution in [2.45, 2.75) is 45.1 Å². The molecule has 1 atom stereocenters. The number of carbonyl (C=O) groups excluding carboxylic acids is 2. The van der Waals surface area contributed by atoms with Crippen LogP contribution in [0.3, 0.4) is 0 Å². The average molecular weight is 510 g/mol. The lowest BCUT2D eigenvalue weighted by Gasteiger charge is -2.34. The molecular formula is C29H31N7O2. The van der Waals surface area contributed by atoms with Gasteiger partial charge in [-0.05, 0) is 61.6 Å². The van der Waals surface area contributed by atoms with E-state index in [4.69, 9.17) is 10.7 Å². The van der Waals surface area contributed by atoms with E-state index in [1.54, 1.807) is 24.5 Å². The summed E-state index contributed by atoms with van der Waals surface area (Å²) in [6, 6.07) is 10.9. The van der Waals surface area contributed by atoms with Crippen LogP contribution in [0.4, 0.5) is 11.6 Å². The number of imidazole rings is 1. The van der Waals surface area contributed by atoms with Gasteiger partial charge in [-0.15, -0.1) is 0 Å². The summed E-state index contributed by atoms with van der Waals surface area (Å²) in [7, 11) is 0. The molecule has 3 aromatic heterocycles. The highest BCUT2D eigenvalue weighted by molar-refractivity contribution is 6.04. The number of anilines is 2. The first-order valence-corrected chi connectivity index (χ1v) is 12.9. The summed E-state index contributed by atoms with van der Waals surface area (Å²) in [5.74, 6) is 1.17. The Hall–Kier alpha value is -4.53. The molecule has 0 bridgehead atoms. The number of nitrogens with one attached hydrogen (secondary N) is 1. The number of piperidine rings is 1. The molecule has 5 rings (SSSR count). The van der Waals surface area contributed by atoms with Crippen molar-refractivity contribution in [1.82, 2.24) is 24.3 Å². The number of nitrogens with zero attached hydrogens (tertiary/aromatic N) is 5. The smallest absolute Gasteiger partial charge is 0.256 e. The Labute approximate surface area is 221 Å². The normalized spacial score (nSPS) is 15.4. The van der Waals surface area contributed by atoms with E-state index >= 15 is 0 Å². The quantitative estimate of drug-likeness (QED) is 0.345. The fourth-order valence-electron chi connectivity index (χ4n) is 5.09. The number of likely N-dealkylation sites (tertiary alicyclic amines) is 1. The summed E-state index contributed by atoms with van der Waals surface area (Å²) >= 11 is 0. The fourth-order valence-corrected chi connectivity index (χ4v) is 5.09. The van der Waals surface area contributed by atoms with Crippen LogP contribution in [-0.4, -0.2) is 42.6 Å². The summed E-state index contributed by atoms with van der Waals surface area (Å²) in [5, 5.41) is 2.90. The van der Waals surface area contributed by atoms with E-state index in [-0.39, 0.29) is 17.9 Å². The number of hydrogen-bond acceptors (Lipinski definition) is 6. The van der Waals surface area contributed by atoms with Crippen molar-refractivity contribution in [2.75, 3.05) is 17.6 Å². The summed E-state index contributed by atoms with van der Waals surface area (Å²) in [5.41, 5.74) is 9.92. The molecule has 1 fully saturated rings. The molecule has 0 aliphatic carbocycles. The molecule has 38 heavy (non-hydrogen) atoms. The molecule has 1 aliphatic heterocycles. The van der Waals surface area contributed by atoms with Gasteiger partial charge in [0.25, 0.3) is 5.91 Å². The van der Waals surface area contributed by atoms with Gasteiger partial charge in [0.1, 0.15) is 28.7 Å². The second-order valence-electron chi connectivity index (χ2n) is 9.43. The first-order chi connectivity index (χ1) is 18.5. The standard InChI is InChI=1S/C29H31N7O2/c1-3-8-19-12-13-31-23(17-19)33-29(38)21-10-7-9-20(18-21)25-26-27(30)32-14-16-36(26)28(34-25)22-11-5-6-15-35(22)24(37)4-2/h4,7,9-10,12-14,16-18,22H,2-3,5-6,8,11,15H2,1H3,(H2,30,32)(H,31,33,38). The molecule has 1 unspecified atom stereocenters. The van der Waals surface area contributed by atoms with Crippen molar-refractivity contribution < 1.29 is 9.59 Å². The minimum atomic E-state index is -0.266. The van der Waals surface area contributed by atoms with Crippen LogP contribution in [-0.2, 0) is 11.2 Å². The van der Waals surface area contributed by atoms with Crippen LogP contribution in [0.5, 0.6) is 0 Å². The van der Waals surface area contributed by atoms with Gasteiger partial charge in [-0.3, -0.25) is 14.0 Å². The summed E-state index contributed by atoms with van der Waals surface area (Å²) in [6.07, 6.45) is 11.1. The molecule has 1 aliphatic rings. The molecular weight excluding hydrogens is 478 g/mol. The van der Waals surface area contributed by atoms with Crippen LogP contribution in [0.15, 0.2) is 67.6 Å². The second kappa shape index (κ2) is 10.8. The maximum atomic E-state index is 13.1. The number of hydrogen-bond donors (Lipinski definition) is 2. The number of aryl methyl sites for hydroxylation is 1. The van der Waals surface area contributed by atoms with Crippen LogP contribution in [0.25, 0.3) is 16.8 Å². The van der Waals surface area contributed by atoms with Crippen LogP contribution >= 0.6 is 0 Å². The highest BCUT2D eigenvalue weighted by Crippen LogP contribution is 2.36. The molecule has 9 heteroatoms. The number of nitrogens with two attached hydrogens (primary N) is 1. The summed E-state index contributed by atoms with van der Waals surface area (Å²) in [4.78, 5) is 41.2. The average Bonchev–Trinajstić information content (AvgIpc) is 3.34. The molecule has 3 N–H and O–H groups in total. The summed E-state index contributed by atoms with van der Waals surface area (Å²) in [6.45, 7) is 6.43. The summed E-state index contributed by atoms with van der Waals surface area (Å²) < 4.78 is 1.91. The molecule has 194 valence electrons. The van der Waals surface area contributed by atoms with Crippen molar-refractivity contribution in [3.05, 3.63) is 84.6 Å². The predicted molar refractivity (Wildman–Crippen MR) is 148 cm³/mol. The third kappa shape index (κ3) is 4.87. The highest BCUT2D eigenvalue weighted by Gasteiger charge is 2.31. The van der Waals surface area contributed by atoms with E-state index in [1.165, 1.54) is 6.08 Å². The van der Waals surface area contributed by atoms with Crippen LogP contribution < -0.4 is 11.1 Å². The van der Waals surface area contributed by atoms with E-state index in [0.29, 0.717) is 40.8 Å². The Morgan fingerprint density at radius 3 is 2.87 bits per heavy atom. The topological polar surface area (TPSA) is 119 Å². The number of aromatic nitrogens is 4. The first kappa shape index (κ1) is 25.1. The van der Waals surface area contributed by atoms with Crippen molar-refractivity contribution in [1.29, 1.82) is 0 Å². The van der Waals surface area contributed by atoms with E-state index in [0.717, 1.165) is 43.2 Å². The van der Waals surface area contributed by atoms with Crippen molar-refractivity contribution >= 4 is 29.0 Å². The minimum absolute atomic E-state index is 0.120. The lowest BCUT2D eigenvalue weighted by atomic mass is 10.0. The number of fused-ring (bicyclic) bond motifs is 1. The van der Waals surface area contributed by atoms with E-state index in [1.807, 2.05) is 39.8 Å². The van der Waals surface area contributed by atoms with E-state index < -0.39 is 0 Å². The fraction of sp³-hybridized carbons (Fsp3) is 0.276. The van der Waals surface area contributed by atoms with Crippen LogP contribution in [0.2, 0.25) is 0 Å². The molecule has 0 radical (unpaired) electrons. The lowest BCUT2D eigenvalue weighted by molar-refractivity contribution is -0.129. The minimum Gasteiger partial charge on any atom is -0.382 e. The van der Waals surface area contributed by atoms with Gasteiger partial charge in [-0.2, -0.15) is 0 Å². The number of nitrogen functional groups attached to an aromatic ring is 1. The first-order valence-electron chi connectivity index (χ1n) is 12.9. The monoisotopic (exact) mass is 509 g/mol. The number of amides is 2. The SMILES string of the molecule is C=CC(=O)N1CCCCC1c1nc(-c2cccc(C(=O)Nc3cc(CCC)ccn3)c2)c2c(N)nccn12. The zero-order chi connectivity index (χ0) is 26.6. The van der Waals surface area contributed by atoms with Gasteiger partial charge >= 0.3 is 0 Å². The molecule has 4 aromatic rings. The van der Waals surface area contributed by atoms with Crippen molar-refractivity contribution in [2.24, 2.45) is 0 Å². The third-order valence-corrected chi connectivity index (χ3v) is 6.87. The maximum Gasteiger partial charge on any atom is 0.256 e. The zero-order valence-electron chi connectivity index (χ0n) is 21.4. The van der Waals surface area contributed by atoms with Gasteiger partial charge in [0.05, 0.1) is 6.04 Å². The largest absolute Gasteiger partial charge is 0.382 e. The number of carbonyl (C=O) groups is 2. The van der Waals surface area contributed by atoms with Crippen LogP contribution in [0, 0.1) is 0 Å². The maximum absolute atomic E-state index is 13.1. The van der Waals surface area contributed by atoms with Crippen molar-refractivity contribution in [3.63, 3.8) is 0 Å². The van der Waals surface area contributed by atoms with Gasteiger partial charge in [0, 0.05) is 36.3 Å². The molecule has 4 heterocycles. The Balaban J connectivity index is 1.52. The van der Waals surface area contributed by atoms with Gasteiger partial charge in [-0.1, -0.05) is 32.1 Å². The van der Waals surface area contributed by atoms with E-state index in [9.17, 15) is 9.59 Å². The lowest BCUT2D eigenvalue weighted by Crippen LogP contribution is -2.38. The Morgan fingerprint density at radius 2 is 2.05 bits per heavy atom. The number of rotatable bonds is 7. The second-order valence-corrected chi connectivity index (χ2v) is 9.43.